The first-order valence-corrected chi connectivity index (χ1v) is 6.80. The number of nitrogens with one attached hydrogen (secondary N) is 1. The molecule has 0 radical (unpaired) electrons. The second-order valence-corrected chi connectivity index (χ2v) is 5.33. The van der Waals surface area contributed by atoms with Crippen LogP contribution >= 0.6 is 11.8 Å². The fourth-order valence-corrected chi connectivity index (χ4v) is 3.30. The smallest absolute Gasteiger partial charge is 0.157 e. The number of methoxy groups -OCH3 is 1. The molecule has 2 aliphatic rings. The SMILES string of the molecule is CCC1CSC(NC2CCC(OC)C2)=N1. The number of amidine groups is 1. The zero-order valence-corrected chi connectivity index (χ0v) is 10.3. The summed E-state index contributed by atoms with van der Waals surface area (Å²) in [5, 5.41) is 4.70. The Hall–Kier alpha value is -0.220. The number of hydrogen-bond donors (Lipinski definition) is 1. The summed E-state index contributed by atoms with van der Waals surface area (Å²) < 4.78 is 5.36. The van der Waals surface area contributed by atoms with E-state index in [9.17, 15) is 0 Å². The maximum Gasteiger partial charge on any atom is 0.157 e. The average Bonchev–Trinajstić information content (AvgIpc) is 2.87. The van der Waals surface area contributed by atoms with E-state index >= 15 is 0 Å². The minimum atomic E-state index is 0.455. The number of rotatable bonds is 3. The lowest BCUT2D eigenvalue weighted by Crippen LogP contribution is -2.30. The van der Waals surface area contributed by atoms with Gasteiger partial charge in [0.05, 0.1) is 12.1 Å². The van der Waals surface area contributed by atoms with E-state index in [0.29, 0.717) is 18.2 Å². The van der Waals surface area contributed by atoms with E-state index in [1.54, 1.807) is 0 Å². The molecule has 0 aromatic carbocycles. The minimum absolute atomic E-state index is 0.455. The molecule has 1 aliphatic heterocycles. The third kappa shape index (κ3) is 2.88. The van der Waals surface area contributed by atoms with Crippen molar-refractivity contribution in [2.75, 3.05) is 12.9 Å². The van der Waals surface area contributed by atoms with Gasteiger partial charge in [0.15, 0.2) is 5.17 Å². The average molecular weight is 228 g/mol. The van der Waals surface area contributed by atoms with E-state index < -0.39 is 0 Å². The van der Waals surface area contributed by atoms with Crippen molar-refractivity contribution in [1.82, 2.24) is 5.32 Å². The molecule has 1 fully saturated rings. The third-order valence-corrected chi connectivity index (χ3v) is 4.28. The highest BCUT2D eigenvalue weighted by Gasteiger charge is 2.26. The largest absolute Gasteiger partial charge is 0.381 e. The standard InChI is InChI=1S/C11H20N2OS/c1-3-8-7-15-11(12-8)13-9-4-5-10(6-9)14-2/h8-10H,3-7H2,1-2H3,(H,12,13). The second kappa shape index (κ2) is 5.21. The van der Waals surface area contributed by atoms with Gasteiger partial charge in [-0.05, 0) is 25.7 Å². The fraction of sp³-hybridized carbons (Fsp3) is 0.909. The van der Waals surface area contributed by atoms with Crippen LogP contribution in [0.25, 0.3) is 0 Å². The molecule has 1 heterocycles. The van der Waals surface area contributed by atoms with E-state index in [4.69, 9.17) is 4.74 Å². The van der Waals surface area contributed by atoms with E-state index in [-0.39, 0.29) is 0 Å². The summed E-state index contributed by atoms with van der Waals surface area (Å²) in [5.41, 5.74) is 0. The van der Waals surface area contributed by atoms with Crippen molar-refractivity contribution in [2.24, 2.45) is 4.99 Å². The van der Waals surface area contributed by atoms with Crippen LogP contribution in [0.4, 0.5) is 0 Å². The number of nitrogens with zero attached hydrogens (tertiary/aromatic N) is 1. The van der Waals surface area contributed by atoms with Crippen LogP contribution in [-0.4, -0.2) is 36.2 Å². The Kier molecular flexibility index (Phi) is 3.92. The summed E-state index contributed by atoms with van der Waals surface area (Å²) in [4.78, 5) is 4.65. The maximum atomic E-state index is 5.36. The van der Waals surface area contributed by atoms with Crippen LogP contribution in [0, 0.1) is 0 Å². The first kappa shape index (κ1) is 11.3. The van der Waals surface area contributed by atoms with Crippen molar-refractivity contribution >= 4 is 16.9 Å². The number of ether oxygens (including phenoxy) is 1. The minimum Gasteiger partial charge on any atom is -0.381 e. The van der Waals surface area contributed by atoms with E-state index in [1.165, 1.54) is 12.8 Å². The molecule has 86 valence electrons. The van der Waals surface area contributed by atoms with Crippen molar-refractivity contribution < 1.29 is 4.74 Å². The van der Waals surface area contributed by atoms with E-state index in [1.807, 2.05) is 18.9 Å². The van der Waals surface area contributed by atoms with Crippen molar-refractivity contribution in [2.45, 2.75) is 50.8 Å². The highest BCUT2D eigenvalue weighted by molar-refractivity contribution is 8.14. The van der Waals surface area contributed by atoms with E-state index in [2.05, 4.69) is 17.2 Å². The molecule has 1 N–H and O–H groups in total. The van der Waals surface area contributed by atoms with Gasteiger partial charge < -0.3 is 10.1 Å². The van der Waals surface area contributed by atoms with Gasteiger partial charge in [-0.25, -0.2) is 0 Å². The molecule has 0 amide bonds. The highest BCUT2D eigenvalue weighted by atomic mass is 32.2. The van der Waals surface area contributed by atoms with Crippen molar-refractivity contribution in [1.29, 1.82) is 0 Å². The topological polar surface area (TPSA) is 33.6 Å². The maximum absolute atomic E-state index is 5.36. The first-order chi connectivity index (χ1) is 7.31. The first-order valence-electron chi connectivity index (χ1n) is 5.81. The Morgan fingerprint density at radius 2 is 2.40 bits per heavy atom. The lowest BCUT2D eigenvalue weighted by atomic mass is 10.2. The van der Waals surface area contributed by atoms with Gasteiger partial charge >= 0.3 is 0 Å². The second-order valence-electron chi connectivity index (χ2n) is 4.32. The molecule has 0 saturated heterocycles. The van der Waals surface area contributed by atoms with E-state index in [0.717, 1.165) is 23.8 Å². The Morgan fingerprint density at radius 3 is 3.00 bits per heavy atom. The molecule has 0 bridgehead atoms. The van der Waals surface area contributed by atoms with Crippen LogP contribution in [0.15, 0.2) is 4.99 Å². The van der Waals surface area contributed by atoms with Gasteiger partial charge in [0.1, 0.15) is 0 Å². The van der Waals surface area contributed by atoms with Crippen LogP contribution in [0.3, 0.4) is 0 Å². The molecule has 3 atom stereocenters. The predicted molar refractivity (Wildman–Crippen MR) is 65.5 cm³/mol. The van der Waals surface area contributed by atoms with Gasteiger partial charge in [-0.3, -0.25) is 4.99 Å². The van der Waals surface area contributed by atoms with Crippen molar-refractivity contribution in [3.8, 4) is 0 Å². The Morgan fingerprint density at radius 1 is 1.53 bits per heavy atom. The lowest BCUT2D eigenvalue weighted by Gasteiger charge is -2.13. The molecular formula is C11H20N2OS. The monoisotopic (exact) mass is 228 g/mol. The van der Waals surface area contributed by atoms with Crippen LogP contribution < -0.4 is 5.32 Å². The quantitative estimate of drug-likeness (QED) is 0.802. The zero-order chi connectivity index (χ0) is 10.7. The summed E-state index contributed by atoms with van der Waals surface area (Å²) in [6.45, 7) is 2.20. The Bertz CT molecular complexity index is 245. The van der Waals surface area contributed by atoms with Gasteiger partial charge in [-0.1, -0.05) is 18.7 Å². The number of aliphatic imine (C=N–C) groups is 1. The lowest BCUT2D eigenvalue weighted by molar-refractivity contribution is 0.107. The summed E-state index contributed by atoms with van der Waals surface area (Å²) in [5.74, 6) is 1.15. The summed E-state index contributed by atoms with van der Waals surface area (Å²) in [6, 6.07) is 1.12. The van der Waals surface area contributed by atoms with Crippen LogP contribution in [0.5, 0.6) is 0 Å². The molecule has 0 aromatic rings. The molecule has 3 nitrogen and oxygen atoms in total. The number of hydrogen-bond acceptors (Lipinski definition) is 4. The fourth-order valence-electron chi connectivity index (χ4n) is 2.16. The summed E-state index contributed by atoms with van der Waals surface area (Å²) in [7, 11) is 1.81. The Labute approximate surface area is 96.1 Å². The molecule has 1 saturated carbocycles. The molecule has 15 heavy (non-hydrogen) atoms. The van der Waals surface area contributed by atoms with Gasteiger partial charge in [0.2, 0.25) is 0 Å². The molecule has 3 unspecified atom stereocenters. The summed E-state index contributed by atoms with van der Waals surface area (Å²) in [6.07, 6.45) is 5.14. The predicted octanol–water partition coefficient (Wildman–Crippen LogP) is 2.02. The zero-order valence-electron chi connectivity index (χ0n) is 9.53. The molecule has 2 rings (SSSR count). The molecule has 0 spiro atoms. The molecule has 0 aromatic heterocycles. The van der Waals surface area contributed by atoms with Gasteiger partial charge in [0.25, 0.3) is 0 Å². The summed E-state index contributed by atoms with van der Waals surface area (Å²) >= 11 is 1.87. The molecule has 1 aliphatic carbocycles. The van der Waals surface area contributed by atoms with Gasteiger partial charge in [-0.15, -0.1) is 0 Å². The number of thioether (sulfide) groups is 1. The van der Waals surface area contributed by atoms with Crippen molar-refractivity contribution in [3.05, 3.63) is 0 Å². The Balaban J connectivity index is 1.78. The van der Waals surface area contributed by atoms with Crippen LogP contribution in [-0.2, 0) is 4.74 Å². The van der Waals surface area contributed by atoms with Crippen molar-refractivity contribution in [3.63, 3.8) is 0 Å². The third-order valence-electron chi connectivity index (χ3n) is 3.23. The molecule has 4 heteroatoms. The van der Waals surface area contributed by atoms with Gasteiger partial charge in [0, 0.05) is 18.9 Å². The van der Waals surface area contributed by atoms with Crippen LogP contribution in [0.2, 0.25) is 0 Å². The van der Waals surface area contributed by atoms with Gasteiger partial charge in [-0.2, -0.15) is 0 Å². The molecular weight excluding hydrogens is 208 g/mol. The van der Waals surface area contributed by atoms with Crippen LogP contribution in [0.1, 0.15) is 32.6 Å². The normalized spacial score (nSPS) is 35.6. The highest BCUT2D eigenvalue weighted by Crippen LogP contribution is 2.24.